The average Bonchev–Trinajstić information content (AvgIpc) is 3.33. The highest BCUT2D eigenvalue weighted by atomic mass is 16.3. The molecular weight excluding hydrogens is 364 g/mol. The van der Waals surface area contributed by atoms with Crippen molar-refractivity contribution in [1.82, 2.24) is 24.6 Å². The van der Waals surface area contributed by atoms with Crippen molar-refractivity contribution in [3.63, 3.8) is 0 Å². The van der Waals surface area contributed by atoms with Gasteiger partial charge in [0.15, 0.2) is 5.82 Å². The number of aromatic hydroxyl groups is 1. The van der Waals surface area contributed by atoms with Crippen LogP contribution in [0.3, 0.4) is 0 Å². The number of likely N-dealkylation sites (N-methyl/N-ethyl adjacent to an activating group) is 1. The van der Waals surface area contributed by atoms with Crippen LogP contribution in [0.2, 0.25) is 0 Å². The van der Waals surface area contributed by atoms with Crippen LogP contribution in [0.4, 0.5) is 5.82 Å². The lowest BCUT2D eigenvalue weighted by Gasteiger charge is -2.40. The molecule has 0 saturated carbocycles. The Bertz CT molecular complexity index is 1010. The highest BCUT2D eigenvalue weighted by molar-refractivity contribution is 5.69. The number of benzene rings is 1. The van der Waals surface area contributed by atoms with Crippen LogP contribution in [0.15, 0.2) is 61.2 Å². The van der Waals surface area contributed by atoms with Gasteiger partial charge in [0, 0.05) is 49.2 Å². The lowest BCUT2D eigenvalue weighted by molar-refractivity contribution is 0.176. The molecule has 0 spiro atoms. The maximum Gasteiger partial charge on any atom is 0.151 e. The van der Waals surface area contributed by atoms with Crippen LogP contribution in [0.25, 0.3) is 16.9 Å². The van der Waals surface area contributed by atoms with Gasteiger partial charge in [-0.15, -0.1) is 10.2 Å². The fraction of sp³-hybridized carbons (Fsp3) is 0.318. The summed E-state index contributed by atoms with van der Waals surface area (Å²) in [4.78, 5) is 8.71. The average molecular weight is 388 g/mol. The van der Waals surface area contributed by atoms with Gasteiger partial charge in [-0.1, -0.05) is 12.2 Å². The highest BCUT2D eigenvalue weighted by Gasteiger charge is 2.36. The Morgan fingerprint density at radius 3 is 2.48 bits per heavy atom. The number of rotatable bonds is 4. The lowest BCUT2D eigenvalue weighted by Crippen LogP contribution is -2.48. The summed E-state index contributed by atoms with van der Waals surface area (Å²) in [5.41, 5.74) is 2.16. The molecule has 2 aliphatic rings. The van der Waals surface area contributed by atoms with Crippen molar-refractivity contribution in [2.24, 2.45) is 0 Å². The first-order valence-corrected chi connectivity index (χ1v) is 9.88. The summed E-state index contributed by atoms with van der Waals surface area (Å²) in [6.45, 7) is 0. The predicted octanol–water partition coefficient (Wildman–Crippen LogP) is 2.87. The van der Waals surface area contributed by atoms with E-state index in [0.29, 0.717) is 29.4 Å². The standard InChI is InChI=1S/C22H24N6O/c1-26-15-3-4-16(26)12-18(11-15)27(2)22-8-7-20(24-25-22)19-6-5-17(13-21(19)29)28-10-9-23-14-28/h3-10,13-16,18,29H,11-12H2,1-2H3/t15-,16+,18?. The zero-order valence-electron chi connectivity index (χ0n) is 16.6. The van der Waals surface area contributed by atoms with Gasteiger partial charge >= 0.3 is 0 Å². The van der Waals surface area contributed by atoms with Gasteiger partial charge in [0.25, 0.3) is 0 Å². The maximum atomic E-state index is 10.5. The number of nitrogens with zero attached hydrogens (tertiary/aromatic N) is 6. The van der Waals surface area contributed by atoms with Crippen LogP contribution in [0, 0.1) is 0 Å². The third kappa shape index (κ3) is 3.17. The number of fused-ring (bicyclic) bond motifs is 2. The number of anilines is 1. The van der Waals surface area contributed by atoms with Gasteiger partial charge in [-0.3, -0.25) is 4.90 Å². The fourth-order valence-electron chi connectivity index (χ4n) is 4.39. The molecule has 2 aromatic heterocycles. The van der Waals surface area contributed by atoms with E-state index in [-0.39, 0.29) is 5.75 Å². The second kappa shape index (κ2) is 7.00. The van der Waals surface area contributed by atoms with Crippen molar-refractivity contribution in [2.75, 3.05) is 19.0 Å². The SMILES string of the molecule is CN(c1ccc(-c2ccc(-n3ccnc3)cc2O)nn1)C1C[C@H]2C=C[C@@H](C1)N2C. The van der Waals surface area contributed by atoms with E-state index in [1.54, 1.807) is 18.6 Å². The molecule has 148 valence electrons. The Kier molecular flexibility index (Phi) is 4.32. The van der Waals surface area contributed by atoms with E-state index >= 15 is 0 Å². The van der Waals surface area contributed by atoms with E-state index in [1.807, 2.05) is 35.0 Å². The molecule has 5 rings (SSSR count). The number of phenolic OH excluding ortho intramolecular Hbond substituents is 1. The Morgan fingerprint density at radius 1 is 1.07 bits per heavy atom. The molecule has 1 unspecified atom stereocenters. The van der Waals surface area contributed by atoms with Gasteiger partial charge in [0.2, 0.25) is 0 Å². The molecule has 29 heavy (non-hydrogen) atoms. The lowest BCUT2D eigenvalue weighted by atomic mass is 9.96. The minimum atomic E-state index is 0.171. The summed E-state index contributed by atoms with van der Waals surface area (Å²) in [6, 6.07) is 10.9. The summed E-state index contributed by atoms with van der Waals surface area (Å²) in [7, 11) is 4.29. The Labute approximate surface area is 169 Å². The van der Waals surface area contributed by atoms with E-state index in [9.17, 15) is 5.11 Å². The van der Waals surface area contributed by atoms with Gasteiger partial charge < -0.3 is 14.6 Å². The molecule has 1 fully saturated rings. The summed E-state index contributed by atoms with van der Waals surface area (Å²) < 4.78 is 1.84. The number of aromatic nitrogens is 4. The molecular formula is C22H24N6O. The van der Waals surface area contributed by atoms with Gasteiger partial charge in [-0.25, -0.2) is 4.98 Å². The summed E-state index contributed by atoms with van der Waals surface area (Å²) in [5.74, 6) is 1.03. The first kappa shape index (κ1) is 17.9. The summed E-state index contributed by atoms with van der Waals surface area (Å²) >= 11 is 0. The van der Waals surface area contributed by atoms with Crippen molar-refractivity contribution in [3.05, 3.63) is 61.2 Å². The molecule has 4 heterocycles. The molecule has 0 aliphatic carbocycles. The Hall–Kier alpha value is -3.19. The maximum absolute atomic E-state index is 10.5. The monoisotopic (exact) mass is 388 g/mol. The minimum Gasteiger partial charge on any atom is -0.507 e. The van der Waals surface area contributed by atoms with Gasteiger partial charge in [0.1, 0.15) is 5.75 Å². The molecule has 2 aliphatic heterocycles. The predicted molar refractivity (Wildman–Crippen MR) is 112 cm³/mol. The van der Waals surface area contributed by atoms with Crippen molar-refractivity contribution in [3.8, 4) is 22.7 Å². The smallest absolute Gasteiger partial charge is 0.151 e. The van der Waals surface area contributed by atoms with Crippen molar-refractivity contribution >= 4 is 5.82 Å². The second-order valence-corrected chi connectivity index (χ2v) is 7.87. The quantitative estimate of drug-likeness (QED) is 0.693. The van der Waals surface area contributed by atoms with Gasteiger partial charge in [0.05, 0.1) is 17.7 Å². The number of imidazole rings is 1. The molecule has 0 amide bonds. The van der Waals surface area contributed by atoms with E-state index in [0.717, 1.165) is 24.3 Å². The molecule has 7 heteroatoms. The molecule has 3 atom stereocenters. The topological polar surface area (TPSA) is 70.3 Å². The van der Waals surface area contributed by atoms with E-state index in [1.165, 1.54) is 0 Å². The molecule has 3 aromatic rings. The number of phenols is 1. The number of piperidine rings is 1. The third-order valence-electron chi connectivity index (χ3n) is 6.25. The molecule has 7 nitrogen and oxygen atoms in total. The van der Waals surface area contributed by atoms with Crippen LogP contribution in [0.1, 0.15) is 12.8 Å². The molecule has 2 bridgehead atoms. The highest BCUT2D eigenvalue weighted by Crippen LogP contribution is 2.33. The van der Waals surface area contributed by atoms with Crippen LogP contribution in [0.5, 0.6) is 5.75 Å². The van der Waals surface area contributed by atoms with E-state index in [4.69, 9.17) is 0 Å². The fourth-order valence-corrected chi connectivity index (χ4v) is 4.39. The number of hydrogen-bond donors (Lipinski definition) is 1. The van der Waals surface area contributed by atoms with Crippen molar-refractivity contribution in [1.29, 1.82) is 0 Å². The van der Waals surface area contributed by atoms with E-state index in [2.05, 4.69) is 51.2 Å². The number of hydrogen-bond acceptors (Lipinski definition) is 6. The van der Waals surface area contributed by atoms with Crippen molar-refractivity contribution in [2.45, 2.75) is 31.0 Å². The van der Waals surface area contributed by atoms with Crippen molar-refractivity contribution < 1.29 is 5.11 Å². The third-order valence-corrected chi connectivity index (χ3v) is 6.25. The van der Waals surface area contributed by atoms with E-state index < -0.39 is 0 Å². The Balaban J connectivity index is 1.34. The first-order valence-electron chi connectivity index (χ1n) is 9.88. The van der Waals surface area contributed by atoms with Gasteiger partial charge in [-0.05, 0) is 44.2 Å². The van der Waals surface area contributed by atoms with Crippen LogP contribution < -0.4 is 4.90 Å². The molecule has 1 saturated heterocycles. The normalized spacial score (nSPS) is 23.4. The molecule has 0 radical (unpaired) electrons. The first-order chi connectivity index (χ1) is 14.1. The van der Waals surface area contributed by atoms with Crippen LogP contribution in [-0.4, -0.2) is 62.0 Å². The largest absolute Gasteiger partial charge is 0.507 e. The molecule has 1 N–H and O–H groups in total. The zero-order chi connectivity index (χ0) is 20.0. The Morgan fingerprint density at radius 2 is 1.86 bits per heavy atom. The van der Waals surface area contributed by atoms with Gasteiger partial charge in [-0.2, -0.15) is 0 Å². The zero-order valence-corrected chi connectivity index (χ0v) is 16.6. The molecule has 1 aromatic carbocycles. The summed E-state index contributed by atoms with van der Waals surface area (Å²) in [6.07, 6.45) is 12.1. The van der Waals surface area contributed by atoms with Crippen LogP contribution in [-0.2, 0) is 0 Å². The minimum absolute atomic E-state index is 0.171. The van der Waals surface area contributed by atoms with Crippen LogP contribution >= 0.6 is 0 Å². The summed E-state index contributed by atoms with van der Waals surface area (Å²) in [5, 5.41) is 19.3. The second-order valence-electron chi connectivity index (χ2n) is 7.87.